The van der Waals surface area contributed by atoms with Gasteiger partial charge in [-0.05, 0) is 35.9 Å². The third kappa shape index (κ3) is 3.85. The highest BCUT2D eigenvalue weighted by Gasteiger charge is 2.47. The standard InChI is InChI=1S/C25H17NO7/c27-21(15-5-2-1-3-6-15)19-20(14-9-11-16(12-10-14)24(30)31)26(23(29)22(19)28)18-8-4-7-17(13-18)25(32)33/h1-13,20,27H,(H,30,31)(H,32,33). The molecular weight excluding hydrogens is 426 g/mol. The molecule has 4 rings (SSSR count). The molecule has 1 heterocycles. The van der Waals surface area contributed by atoms with Crippen LogP contribution < -0.4 is 4.90 Å². The van der Waals surface area contributed by atoms with Crippen LogP contribution in [-0.4, -0.2) is 38.9 Å². The molecule has 33 heavy (non-hydrogen) atoms. The Morgan fingerprint density at radius 1 is 0.697 bits per heavy atom. The SMILES string of the molecule is O=C1C(=O)N(c2cccc(C(=O)O)c2)C(c2ccc(C(=O)O)cc2)C1=C(O)c1ccccc1. The summed E-state index contributed by atoms with van der Waals surface area (Å²) in [7, 11) is 0. The second-order valence-corrected chi connectivity index (χ2v) is 7.32. The van der Waals surface area contributed by atoms with Crippen LogP contribution in [0.5, 0.6) is 0 Å². The van der Waals surface area contributed by atoms with E-state index in [2.05, 4.69) is 0 Å². The van der Waals surface area contributed by atoms with Crippen molar-refractivity contribution in [1.82, 2.24) is 0 Å². The van der Waals surface area contributed by atoms with Crippen molar-refractivity contribution in [1.29, 1.82) is 0 Å². The highest BCUT2D eigenvalue weighted by atomic mass is 16.4. The predicted molar refractivity (Wildman–Crippen MR) is 118 cm³/mol. The van der Waals surface area contributed by atoms with Crippen molar-refractivity contribution in [3.8, 4) is 0 Å². The number of aromatic carboxylic acids is 2. The molecule has 3 N–H and O–H groups in total. The maximum absolute atomic E-state index is 13.1. The highest BCUT2D eigenvalue weighted by molar-refractivity contribution is 6.51. The van der Waals surface area contributed by atoms with Crippen LogP contribution in [0.15, 0.2) is 84.4 Å². The van der Waals surface area contributed by atoms with Crippen LogP contribution in [-0.2, 0) is 9.59 Å². The Morgan fingerprint density at radius 3 is 1.91 bits per heavy atom. The summed E-state index contributed by atoms with van der Waals surface area (Å²) < 4.78 is 0. The average Bonchev–Trinajstić information content (AvgIpc) is 3.09. The molecule has 3 aromatic rings. The normalized spacial score (nSPS) is 17.2. The number of hydrogen-bond acceptors (Lipinski definition) is 5. The third-order valence-corrected chi connectivity index (χ3v) is 5.34. The van der Waals surface area contributed by atoms with Gasteiger partial charge in [-0.2, -0.15) is 0 Å². The largest absolute Gasteiger partial charge is 0.507 e. The summed E-state index contributed by atoms with van der Waals surface area (Å²) in [6.07, 6.45) is 0. The molecular formula is C25H17NO7. The Morgan fingerprint density at radius 2 is 1.30 bits per heavy atom. The highest BCUT2D eigenvalue weighted by Crippen LogP contribution is 2.42. The zero-order chi connectivity index (χ0) is 23.7. The molecule has 0 saturated carbocycles. The van der Waals surface area contributed by atoms with E-state index in [0.29, 0.717) is 11.1 Å². The molecule has 0 radical (unpaired) electrons. The third-order valence-electron chi connectivity index (χ3n) is 5.34. The maximum atomic E-state index is 13.1. The van der Waals surface area contributed by atoms with Crippen LogP contribution in [0.25, 0.3) is 5.76 Å². The average molecular weight is 443 g/mol. The first kappa shape index (κ1) is 21.5. The summed E-state index contributed by atoms with van der Waals surface area (Å²) >= 11 is 0. The van der Waals surface area contributed by atoms with Gasteiger partial charge in [-0.25, -0.2) is 9.59 Å². The number of nitrogens with zero attached hydrogens (tertiary/aromatic N) is 1. The van der Waals surface area contributed by atoms with E-state index in [-0.39, 0.29) is 22.4 Å². The van der Waals surface area contributed by atoms with Gasteiger partial charge in [0.15, 0.2) is 0 Å². The number of amides is 1. The minimum absolute atomic E-state index is 0.00614. The van der Waals surface area contributed by atoms with Gasteiger partial charge >= 0.3 is 11.9 Å². The lowest BCUT2D eigenvalue weighted by atomic mass is 9.94. The molecule has 1 fully saturated rings. The first-order valence-electron chi connectivity index (χ1n) is 9.82. The summed E-state index contributed by atoms with van der Waals surface area (Å²) in [6.45, 7) is 0. The molecule has 1 aliphatic heterocycles. The van der Waals surface area contributed by atoms with Crippen LogP contribution >= 0.6 is 0 Å². The van der Waals surface area contributed by atoms with E-state index >= 15 is 0 Å². The number of hydrogen-bond donors (Lipinski definition) is 3. The van der Waals surface area contributed by atoms with Crippen molar-refractivity contribution in [2.24, 2.45) is 0 Å². The van der Waals surface area contributed by atoms with Crippen molar-refractivity contribution in [3.63, 3.8) is 0 Å². The number of carbonyl (C=O) groups excluding carboxylic acids is 2. The number of rotatable bonds is 5. The number of carbonyl (C=O) groups is 4. The second-order valence-electron chi connectivity index (χ2n) is 7.32. The summed E-state index contributed by atoms with van der Waals surface area (Å²) in [5.41, 5.74) is 0.579. The Balaban J connectivity index is 1.94. The first-order valence-corrected chi connectivity index (χ1v) is 9.82. The fraction of sp³-hybridized carbons (Fsp3) is 0.0400. The Bertz CT molecular complexity index is 1310. The van der Waals surface area contributed by atoms with Crippen molar-refractivity contribution in [3.05, 3.63) is 107 Å². The van der Waals surface area contributed by atoms with E-state index in [1.54, 1.807) is 30.3 Å². The zero-order valence-electron chi connectivity index (χ0n) is 17.0. The summed E-state index contributed by atoms with van der Waals surface area (Å²) in [4.78, 5) is 50.0. The quantitative estimate of drug-likeness (QED) is 0.311. The number of aliphatic hydroxyl groups is 1. The molecule has 1 atom stereocenters. The molecule has 0 aliphatic carbocycles. The Hall–Kier alpha value is -4.72. The molecule has 1 saturated heterocycles. The monoisotopic (exact) mass is 443 g/mol. The summed E-state index contributed by atoms with van der Waals surface area (Å²) in [6, 6.07) is 18.2. The topological polar surface area (TPSA) is 132 Å². The van der Waals surface area contributed by atoms with Crippen molar-refractivity contribution < 1.29 is 34.5 Å². The van der Waals surface area contributed by atoms with Crippen molar-refractivity contribution in [2.75, 3.05) is 4.90 Å². The number of benzene rings is 3. The van der Waals surface area contributed by atoms with E-state index < -0.39 is 35.4 Å². The molecule has 0 spiro atoms. The molecule has 0 aromatic heterocycles. The fourth-order valence-corrected chi connectivity index (χ4v) is 3.76. The van der Waals surface area contributed by atoms with Crippen molar-refractivity contribution in [2.45, 2.75) is 6.04 Å². The number of aliphatic hydroxyl groups excluding tert-OH is 1. The van der Waals surface area contributed by atoms with E-state index in [4.69, 9.17) is 0 Å². The number of carboxylic acid groups (broad SMARTS) is 2. The predicted octanol–water partition coefficient (Wildman–Crippen LogP) is 3.71. The Labute approximate surface area is 187 Å². The van der Waals surface area contributed by atoms with Crippen LogP contribution in [0, 0.1) is 0 Å². The van der Waals surface area contributed by atoms with Gasteiger partial charge in [0.05, 0.1) is 22.7 Å². The van der Waals surface area contributed by atoms with Gasteiger partial charge in [-0.3, -0.25) is 14.5 Å². The number of Topliss-reactive ketones (excluding diaryl/α,β-unsaturated/α-hetero) is 1. The minimum Gasteiger partial charge on any atom is -0.507 e. The smallest absolute Gasteiger partial charge is 0.335 e. The molecule has 1 aliphatic rings. The molecule has 1 amide bonds. The van der Waals surface area contributed by atoms with Gasteiger partial charge < -0.3 is 15.3 Å². The van der Waals surface area contributed by atoms with E-state index in [1.165, 1.54) is 48.5 Å². The summed E-state index contributed by atoms with van der Waals surface area (Å²) in [5.74, 6) is -4.63. The van der Waals surface area contributed by atoms with Gasteiger partial charge in [0.25, 0.3) is 11.7 Å². The van der Waals surface area contributed by atoms with E-state index in [9.17, 15) is 34.5 Å². The maximum Gasteiger partial charge on any atom is 0.335 e. The molecule has 164 valence electrons. The van der Waals surface area contributed by atoms with Crippen LogP contribution in [0.1, 0.15) is 37.9 Å². The molecule has 0 bridgehead atoms. The lowest BCUT2D eigenvalue weighted by Gasteiger charge is -2.25. The number of carboxylic acids is 2. The van der Waals surface area contributed by atoms with Crippen LogP contribution in [0.2, 0.25) is 0 Å². The molecule has 8 nitrogen and oxygen atoms in total. The first-order chi connectivity index (χ1) is 15.8. The lowest BCUT2D eigenvalue weighted by Crippen LogP contribution is -2.29. The van der Waals surface area contributed by atoms with Gasteiger partial charge in [0.1, 0.15) is 5.76 Å². The fourth-order valence-electron chi connectivity index (χ4n) is 3.76. The van der Waals surface area contributed by atoms with Crippen LogP contribution in [0.3, 0.4) is 0 Å². The van der Waals surface area contributed by atoms with Gasteiger partial charge in [-0.1, -0.05) is 48.5 Å². The van der Waals surface area contributed by atoms with E-state index in [1.807, 2.05) is 0 Å². The lowest BCUT2D eigenvalue weighted by molar-refractivity contribution is -0.132. The molecule has 1 unspecified atom stereocenters. The van der Waals surface area contributed by atoms with Gasteiger partial charge in [0, 0.05) is 11.3 Å². The van der Waals surface area contributed by atoms with E-state index in [0.717, 1.165) is 4.90 Å². The summed E-state index contributed by atoms with van der Waals surface area (Å²) in [5, 5.41) is 29.5. The van der Waals surface area contributed by atoms with Gasteiger partial charge in [-0.15, -0.1) is 0 Å². The zero-order valence-corrected chi connectivity index (χ0v) is 17.0. The minimum atomic E-state index is -1.21. The van der Waals surface area contributed by atoms with Crippen molar-refractivity contribution >= 4 is 35.1 Å². The van der Waals surface area contributed by atoms with Crippen LogP contribution in [0.4, 0.5) is 5.69 Å². The second kappa shape index (κ2) is 8.43. The molecule has 8 heteroatoms. The molecule has 3 aromatic carbocycles. The number of anilines is 1. The van der Waals surface area contributed by atoms with Gasteiger partial charge in [0.2, 0.25) is 0 Å². The number of ketones is 1. The Kier molecular flexibility index (Phi) is 5.49.